The number of hydrogen-bond acceptors (Lipinski definition) is 5. The lowest BCUT2D eigenvalue weighted by atomic mass is 10.0. The van der Waals surface area contributed by atoms with E-state index in [4.69, 9.17) is 5.73 Å². The van der Waals surface area contributed by atoms with Crippen LogP contribution in [0.4, 0.5) is 27.3 Å². The van der Waals surface area contributed by atoms with Gasteiger partial charge in [0.05, 0.1) is 10.3 Å². The first kappa shape index (κ1) is 18.4. The molecule has 8 heteroatoms. The number of hydrogen-bond donors (Lipinski definition) is 3. The lowest BCUT2D eigenvalue weighted by molar-refractivity contribution is -0.383. The number of para-hydroxylation sites is 1. The van der Waals surface area contributed by atoms with Crippen molar-refractivity contribution in [1.82, 2.24) is 10.2 Å². The molecule has 4 N–H and O–H groups in total. The quantitative estimate of drug-likeness (QED) is 0.325. The normalized spacial score (nSPS) is 10.9. The van der Waals surface area contributed by atoms with Crippen LogP contribution in [0.5, 0.6) is 0 Å². The first-order valence-electron chi connectivity index (χ1n) is 9.04. The molecule has 0 aliphatic rings. The maximum atomic E-state index is 15.1. The Bertz CT molecular complexity index is 1190. The van der Waals surface area contributed by atoms with Crippen LogP contribution in [0.3, 0.4) is 0 Å². The number of nitrogen functional groups attached to an aromatic ring is 1. The van der Waals surface area contributed by atoms with E-state index in [0.717, 1.165) is 12.0 Å². The average Bonchev–Trinajstić information content (AvgIpc) is 3.11. The van der Waals surface area contributed by atoms with E-state index in [9.17, 15) is 10.1 Å². The summed E-state index contributed by atoms with van der Waals surface area (Å²) in [7, 11) is 0. The Morgan fingerprint density at radius 3 is 2.59 bits per heavy atom. The zero-order valence-corrected chi connectivity index (χ0v) is 15.4. The van der Waals surface area contributed by atoms with Gasteiger partial charge in [-0.05, 0) is 30.0 Å². The van der Waals surface area contributed by atoms with E-state index in [-0.39, 0.29) is 22.4 Å². The molecule has 0 spiro atoms. The number of rotatable bonds is 6. The third-order valence-electron chi connectivity index (χ3n) is 4.81. The number of nitro groups is 1. The summed E-state index contributed by atoms with van der Waals surface area (Å²) in [6.45, 7) is 0. The van der Waals surface area contributed by atoms with Crippen molar-refractivity contribution in [3.8, 4) is 0 Å². The van der Waals surface area contributed by atoms with Crippen LogP contribution in [0, 0.1) is 15.9 Å². The number of halogens is 1. The minimum atomic E-state index is -0.795. The van der Waals surface area contributed by atoms with E-state index < -0.39 is 16.4 Å². The molecule has 0 bridgehead atoms. The molecule has 0 saturated heterocycles. The van der Waals surface area contributed by atoms with Gasteiger partial charge >= 0.3 is 0 Å². The molecule has 0 aliphatic carbocycles. The molecule has 4 rings (SSSR count). The van der Waals surface area contributed by atoms with Gasteiger partial charge in [-0.1, -0.05) is 48.5 Å². The molecule has 0 unspecified atom stereocenters. The fourth-order valence-corrected chi connectivity index (χ4v) is 3.31. The summed E-state index contributed by atoms with van der Waals surface area (Å²) in [4.78, 5) is 10.9. The Balaban J connectivity index is 1.71. The van der Waals surface area contributed by atoms with Crippen molar-refractivity contribution in [2.24, 2.45) is 0 Å². The molecular weight excluding hydrogens is 373 g/mol. The summed E-state index contributed by atoms with van der Waals surface area (Å²) < 4.78 is 15.1. The number of fused-ring (bicyclic) bond motifs is 1. The van der Waals surface area contributed by atoms with Crippen LogP contribution in [-0.2, 0) is 12.8 Å². The second-order valence-corrected chi connectivity index (χ2v) is 6.64. The molecule has 7 nitrogen and oxygen atoms in total. The van der Waals surface area contributed by atoms with Crippen molar-refractivity contribution in [3.05, 3.63) is 87.7 Å². The molecule has 4 aromatic rings. The van der Waals surface area contributed by atoms with Gasteiger partial charge in [0, 0.05) is 11.8 Å². The smallest absolute Gasteiger partial charge is 0.296 e. The highest BCUT2D eigenvalue weighted by Gasteiger charge is 2.25. The van der Waals surface area contributed by atoms with Crippen molar-refractivity contribution >= 4 is 33.8 Å². The van der Waals surface area contributed by atoms with Gasteiger partial charge in [-0.2, -0.15) is 5.10 Å². The number of nitrogens with one attached hydrogen (secondary N) is 2. The van der Waals surface area contributed by atoms with Crippen LogP contribution >= 0.6 is 0 Å². The molecule has 0 radical (unpaired) electrons. The van der Waals surface area contributed by atoms with Crippen molar-refractivity contribution in [2.45, 2.75) is 12.8 Å². The second-order valence-electron chi connectivity index (χ2n) is 6.64. The van der Waals surface area contributed by atoms with Gasteiger partial charge in [0.15, 0.2) is 17.3 Å². The highest BCUT2D eigenvalue weighted by Crippen LogP contribution is 2.37. The Morgan fingerprint density at radius 2 is 1.83 bits per heavy atom. The van der Waals surface area contributed by atoms with E-state index >= 15 is 4.39 Å². The fraction of sp³-hybridized carbons (Fsp3) is 0.0952. The molecular formula is C21H18FN5O2. The summed E-state index contributed by atoms with van der Waals surface area (Å²) in [5.41, 5.74) is 7.79. The molecule has 0 aliphatic heterocycles. The van der Waals surface area contributed by atoms with Crippen LogP contribution in [0.1, 0.15) is 11.1 Å². The third-order valence-corrected chi connectivity index (χ3v) is 4.81. The van der Waals surface area contributed by atoms with Crippen LogP contribution in [0.15, 0.2) is 60.7 Å². The standard InChI is InChI=1S/C21H18FN5O2/c22-18-19-15(21(23)26-25-19)12-17(27(28)29)20(18)24-16-9-5-4-8-14(16)11-10-13-6-2-1-3-7-13/h1-9,12,24H,10-11H2,(H3,23,25,26). The molecule has 0 saturated carbocycles. The summed E-state index contributed by atoms with van der Waals surface area (Å²) in [5, 5.41) is 20.9. The van der Waals surface area contributed by atoms with Crippen molar-refractivity contribution in [2.75, 3.05) is 11.1 Å². The number of benzene rings is 3. The second kappa shape index (κ2) is 7.59. The number of aryl methyl sites for hydroxylation is 2. The Morgan fingerprint density at radius 1 is 1.10 bits per heavy atom. The summed E-state index contributed by atoms with van der Waals surface area (Å²) in [6, 6.07) is 18.6. The summed E-state index contributed by atoms with van der Waals surface area (Å²) in [5.74, 6) is -0.784. The highest BCUT2D eigenvalue weighted by molar-refractivity contribution is 5.95. The van der Waals surface area contributed by atoms with Gasteiger partial charge in [-0.15, -0.1) is 0 Å². The van der Waals surface area contributed by atoms with Gasteiger partial charge in [-0.25, -0.2) is 4.39 Å². The van der Waals surface area contributed by atoms with E-state index in [1.165, 1.54) is 11.6 Å². The number of nitro benzene ring substituents is 1. The molecule has 0 amide bonds. The van der Waals surface area contributed by atoms with E-state index in [1.54, 1.807) is 12.1 Å². The number of nitrogens with two attached hydrogens (primary N) is 1. The number of anilines is 3. The first-order chi connectivity index (χ1) is 14.0. The van der Waals surface area contributed by atoms with E-state index in [0.29, 0.717) is 12.1 Å². The predicted molar refractivity (Wildman–Crippen MR) is 111 cm³/mol. The van der Waals surface area contributed by atoms with Crippen LogP contribution < -0.4 is 11.1 Å². The van der Waals surface area contributed by atoms with E-state index in [2.05, 4.69) is 15.5 Å². The number of aromatic amines is 1. The topological polar surface area (TPSA) is 110 Å². The first-order valence-corrected chi connectivity index (χ1v) is 9.04. The SMILES string of the molecule is Nc1n[nH]c2c(F)c(Nc3ccccc3CCc3ccccc3)c([N+](=O)[O-])cc12. The van der Waals surface area contributed by atoms with E-state index in [1.807, 2.05) is 42.5 Å². The van der Waals surface area contributed by atoms with Crippen molar-refractivity contribution in [3.63, 3.8) is 0 Å². The maximum Gasteiger partial charge on any atom is 0.296 e. The molecule has 1 aromatic heterocycles. The number of nitrogens with zero attached hydrogens (tertiary/aromatic N) is 2. The minimum Gasteiger partial charge on any atom is -0.382 e. The van der Waals surface area contributed by atoms with Crippen molar-refractivity contribution in [1.29, 1.82) is 0 Å². The Kier molecular flexibility index (Phi) is 4.82. The maximum absolute atomic E-state index is 15.1. The monoisotopic (exact) mass is 391 g/mol. The van der Waals surface area contributed by atoms with Crippen LogP contribution in [-0.4, -0.2) is 15.1 Å². The Hall–Kier alpha value is -3.94. The Labute approximate surface area is 165 Å². The lowest BCUT2D eigenvalue weighted by Crippen LogP contribution is -2.04. The summed E-state index contributed by atoms with van der Waals surface area (Å²) in [6.07, 6.45) is 1.49. The summed E-state index contributed by atoms with van der Waals surface area (Å²) >= 11 is 0. The zero-order chi connectivity index (χ0) is 20.4. The van der Waals surface area contributed by atoms with Gasteiger partial charge in [-0.3, -0.25) is 15.2 Å². The molecule has 0 fully saturated rings. The van der Waals surface area contributed by atoms with Gasteiger partial charge in [0.25, 0.3) is 5.69 Å². The minimum absolute atomic E-state index is 0.0109. The van der Waals surface area contributed by atoms with Crippen LogP contribution in [0.2, 0.25) is 0 Å². The highest BCUT2D eigenvalue weighted by atomic mass is 19.1. The third kappa shape index (κ3) is 3.60. The molecule has 0 atom stereocenters. The predicted octanol–water partition coefficient (Wildman–Crippen LogP) is 4.72. The average molecular weight is 391 g/mol. The largest absolute Gasteiger partial charge is 0.382 e. The van der Waals surface area contributed by atoms with Gasteiger partial charge < -0.3 is 11.1 Å². The number of H-pyrrole nitrogens is 1. The molecule has 3 aromatic carbocycles. The zero-order valence-electron chi connectivity index (χ0n) is 15.4. The molecule has 146 valence electrons. The van der Waals surface area contributed by atoms with Gasteiger partial charge in [0.1, 0.15) is 5.52 Å². The van der Waals surface area contributed by atoms with Crippen LogP contribution in [0.25, 0.3) is 10.9 Å². The number of aromatic nitrogens is 2. The lowest BCUT2D eigenvalue weighted by Gasteiger charge is -2.13. The van der Waals surface area contributed by atoms with Gasteiger partial charge in [0.2, 0.25) is 0 Å². The molecule has 29 heavy (non-hydrogen) atoms. The van der Waals surface area contributed by atoms with Crippen molar-refractivity contribution < 1.29 is 9.31 Å². The molecule has 1 heterocycles. The fourth-order valence-electron chi connectivity index (χ4n) is 3.31.